The van der Waals surface area contributed by atoms with E-state index in [9.17, 15) is 0 Å². The van der Waals surface area contributed by atoms with Crippen molar-refractivity contribution in [1.29, 1.82) is 0 Å². The first-order valence-corrected chi connectivity index (χ1v) is 4.89. The van der Waals surface area contributed by atoms with E-state index in [1.807, 2.05) is 43.3 Å². The molecule has 2 heterocycles. The third-order valence-corrected chi connectivity index (χ3v) is 2.69. The molecular formula is C12H11N3. The van der Waals surface area contributed by atoms with Gasteiger partial charge in [-0.3, -0.25) is 9.66 Å². The summed E-state index contributed by atoms with van der Waals surface area (Å²) in [6.07, 6.45) is 0. The molecule has 0 aliphatic rings. The van der Waals surface area contributed by atoms with E-state index in [2.05, 4.69) is 4.98 Å². The molecule has 0 fully saturated rings. The Morgan fingerprint density at radius 3 is 2.73 bits per heavy atom. The molecule has 0 aliphatic heterocycles. The maximum absolute atomic E-state index is 6.00. The molecule has 3 aromatic rings. The second-order valence-corrected chi connectivity index (χ2v) is 3.71. The number of benzene rings is 1. The number of nitrogen functional groups attached to an aromatic ring is 1. The number of aromatic nitrogens is 2. The summed E-state index contributed by atoms with van der Waals surface area (Å²) in [7, 11) is 0. The monoisotopic (exact) mass is 197 g/mol. The van der Waals surface area contributed by atoms with Crippen LogP contribution in [-0.2, 0) is 0 Å². The predicted molar refractivity (Wildman–Crippen MR) is 62.1 cm³/mol. The zero-order valence-corrected chi connectivity index (χ0v) is 8.44. The van der Waals surface area contributed by atoms with E-state index in [-0.39, 0.29) is 0 Å². The highest BCUT2D eigenvalue weighted by molar-refractivity contribution is 6.05. The Kier molecular flexibility index (Phi) is 1.51. The first-order valence-electron chi connectivity index (χ1n) is 4.89. The van der Waals surface area contributed by atoms with E-state index in [1.165, 1.54) is 0 Å². The van der Waals surface area contributed by atoms with Crippen molar-refractivity contribution in [2.24, 2.45) is 0 Å². The molecule has 15 heavy (non-hydrogen) atoms. The molecule has 0 radical (unpaired) electrons. The number of nitrogens with zero attached hydrogens (tertiary/aromatic N) is 2. The van der Waals surface area contributed by atoms with Gasteiger partial charge in [0.1, 0.15) is 0 Å². The normalized spacial score (nSPS) is 11.3. The third-order valence-electron chi connectivity index (χ3n) is 2.69. The van der Waals surface area contributed by atoms with Crippen LogP contribution < -0.4 is 5.84 Å². The average Bonchev–Trinajstić information content (AvgIpc) is 2.54. The van der Waals surface area contributed by atoms with E-state index in [0.717, 1.165) is 27.6 Å². The smallest absolute Gasteiger partial charge is 0.0983 e. The zero-order valence-electron chi connectivity index (χ0n) is 8.44. The van der Waals surface area contributed by atoms with Crippen LogP contribution in [0.15, 0.2) is 36.4 Å². The Labute approximate surface area is 87.1 Å². The minimum atomic E-state index is 0.974. The fourth-order valence-electron chi connectivity index (χ4n) is 1.96. The second kappa shape index (κ2) is 2.73. The van der Waals surface area contributed by atoms with Crippen LogP contribution in [0, 0.1) is 6.92 Å². The Bertz CT molecular complexity index is 652. The van der Waals surface area contributed by atoms with E-state index < -0.39 is 0 Å². The summed E-state index contributed by atoms with van der Waals surface area (Å²) >= 11 is 0. The fourth-order valence-corrected chi connectivity index (χ4v) is 1.96. The predicted octanol–water partition coefficient (Wildman–Crippen LogP) is 2.21. The van der Waals surface area contributed by atoms with Gasteiger partial charge in [0.2, 0.25) is 0 Å². The van der Waals surface area contributed by atoms with Crippen molar-refractivity contribution in [1.82, 2.24) is 9.66 Å². The van der Waals surface area contributed by atoms with Crippen molar-refractivity contribution < 1.29 is 0 Å². The lowest BCUT2D eigenvalue weighted by atomic mass is 10.2. The van der Waals surface area contributed by atoms with Crippen molar-refractivity contribution >= 4 is 21.9 Å². The van der Waals surface area contributed by atoms with Crippen molar-refractivity contribution in [3.63, 3.8) is 0 Å². The molecule has 74 valence electrons. The molecule has 3 heteroatoms. The van der Waals surface area contributed by atoms with Gasteiger partial charge in [-0.15, -0.1) is 0 Å². The summed E-state index contributed by atoms with van der Waals surface area (Å²) in [6, 6.07) is 12.0. The highest BCUT2D eigenvalue weighted by Gasteiger charge is 2.08. The average molecular weight is 197 g/mol. The second-order valence-electron chi connectivity index (χ2n) is 3.71. The summed E-state index contributed by atoms with van der Waals surface area (Å²) in [5.41, 5.74) is 3.99. The van der Waals surface area contributed by atoms with Crippen molar-refractivity contribution in [2.45, 2.75) is 6.92 Å². The van der Waals surface area contributed by atoms with Gasteiger partial charge in [-0.1, -0.05) is 18.2 Å². The number of rotatable bonds is 0. The standard InChI is InChI=1S/C12H11N3/c1-8-6-7-11-12(14-8)9-4-2-3-5-10(9)15(11)13/h2-7H,13H2,1H3. The van der Waals surface area contributed by atoms with Crippen LogP contribution in [0.1, 0.15) is 5.69 Å². The minimum absolute atomic E-state index is 0.974. The van der Waals surface area contributed by atoms with Crippen LogP contribution in [0.5, 0.6) is 0 Å². The van der Waals surface area contributed by atoms with Gasteiger partial charge in [-0.2, -0.15) is 0 Å². The highest BCUT2D eigenvalue weighted by atomic mass is 15.3. The number of hydrogen-bond donors (Lipinski definition) is 1. The van der Waals surface area contributed by atoms with E-state index in [1.54, 1.807) is 4.68 Å². The molecule has 3 nitrogen and oxygen atoms in total. The van der Waals surface area contributed by atoms with Crippen molar-refractivity contribution in [3.8, 4) is 0 Å². The molecule has 0 saturated heterocycles. The minimum Gasteiger partial charge on any atom is -0.339 e. The molecule has 0 unspecified atom stereocenters. The molecule has 3 rings (SSSR count). The topological polar surface area (TPSA) is 43.8 Å². The first-order chi connectivity index (χ1) is 7.27. The molecule has 2 N–H and O–H groups in total. The quantitative estimate of drug-likeness (QED) is 0.561. The molecule has 0 bridgehead atoms. The summed E-state index contributed by atoms with van der Waals surface area (Å²) in [4.78, 5) is 4.52. The van der Waals surface area contributed by atoms with Gasteiger partial charge < -0.3 is 5.84 Å². The number of nitrogens with two attached hydrogens (primary N) is 1. The summed E-state index contributed by atoms with van der Waals surface area (Å²) in [6.45, 7) is 1.99. The Balaban J connectivity index is 2.64. The van der Waals surface area contributed by atoms with E-state index in [4.69, 9.17) is 5.84 Å². The van der Waals surface area contributed by atoms with Crippen LogP contribution in [0.4, 0.5) is 0 Å². The fraction of sp³-hybridized carbons (Fsp3) is 0.0833. The van der Waals surface area contributed by atoms with E-state index in [0.29, 0.717) is 0 Å². The van der Waals surface area contributed by atoms with Gasteiger partial charge in [-0.05, 0) is 25.1 Å². The highest BCUT2D eigenvalue weighted by Crippen LogP contribution is 2.25. The lowest BCUT2D eigenvalue weighted by Crippen LogP contribution is -2.06. The Morgan fingerprint density at radius 2 is 1.87 bits per heavy atom. The number of aryl methyl sites for hydroxylation is 1. The molecule has 0 amide bonds. The molecule has 0 atom stereocenters. The van der Waals surface area contributed by atoms with E-state index >= 15 is 0 Å². The molecule has 1 aromatic carbocycles. The van der Waals surface area contributed by atoms with Gasteiger partial charge >= 0.3 is 0 Å². The molecular weight excluding hydrogens is 186 g/mol. The number of fused-ring (bicyclic) bond motifs is 3. The van der Waals surface area contributed by atoms with Gasteiger partial charge in [-0.25, -0.2) is 0 Å². The number of pyridine rings is 1. The third kappa shape index (κ3) is 1.03. The Morgan fingerprint density at radius 1 is 1.07 bits per heavy atom. The van der Waals surface area contributed by atoms with Crippen LogP contribution in [-0.4, -0.2) is 9.66 Å². The summed E-state index contributed by atoms with van der Waals surface area (Å²) in [5.74, 6) is 6.00. The van der Waals surface area contributed by atoms with Gasteiger partial charge in [0.25, 0.3) is 0 Å². The molecule has 0 aliphatic carbocycles. The maximum Gasteiger partial charge on any atom is 0.0983 e. The molecule has 2 aromatic heterocycles. The Hall–Kier alpha value is -2.03. The molecule has 0 saturated carbocycles. The SMILES string of the molecule is Cc1ccc2c(n1)c1ccccc1n2N. The van der Waals surface area contributed by atoms with Crippen LogP contribution in [0.2, 0.25) is 0 Å². The number of hydrogen-bond acceptors (Lipinski definition) is 2. The van der Waals surface area contributed by atoms with Crippen LogP contribution >= 0.6 is 0 Å². The van der Waals surface area contributed by atoms with Crippen LogP contribution in [0.3, 0.4) is 0 Å². The maximum atomic E-state index is 6.00. The van der Waals surface area contributed by atoms with Gasteiger partial charge in [0.05, 0.1) is 16.6 Å². The van der Waals surface area contributed by atoms with Crippen LogP contribution in [0.25, 0.3) is 21.9 Å². The van der Waals surface area contributed by atoms with Crippen molar-refractivity contribution in [2.75, 3.05) is 5.84 Å². The first kappa shape index (κ1) is 8.29. The van der Waals surface area contributed by atoms with Gasteiger partial charge in [0.15, 0.2) is 0 Å². The zero-order chi connectivity index (χ0) is 10.4. The lowest BCUT2D eigenvalue weighted by molar-refractivity contribution is 1.11. The number of para-hydroxylation sites is 1. The largest absolute Gasteiger partial charge is 0.339 e. The summed E-state index contributed by atoms with van der Waals surface area (Å²) in [5, 5.41) is 1.11. The molecule has 0 spiro atoms. The van der Waals surface area contributed by atoms with Gasteiger partial charge in [0, 0.05) is 11.1 Å². The summed E-state index contributed by atoms with van der Waals surface area (Å²) < 4.78 is 1.69. The van der Waals surface area contributed by atoms with Crippen molar-refractivity contribution in [3.05, 3.63) is 42.1 Å². The lowest BCUT2D eigenvalue weighted by Gasteiger charge is -1.96.